The van der Waals surface area contributed by atoms with Gasteiger partial charge in [-0.1, -0.05) is 17.7 Å². The van der Waals surface area contributed by atoms with Gasteiger partial charge in [0.25, 0.3) is 0 Å². The van der Waals surface area contributed by atoms with Crippen molar-refractivity contribution in [2.45, 2.75) is 12.8 Å². The first-order chi connectivity index (χ1) is 7.33. The molecule has 0 spiro atoms. The van der Waals surface area contributed by atoms with Crippen LogP contribution in [0.25, 0.3) is 0 Å². The van der Waals surface area contributed by atoms with Crippen molar-refractivity contribution in [3.05, 3.63) is 22.7 Å². The van der Waals surface area contributed by atoms with Crippen molar-refractivity contribution < 1.29 is 9.47 Å². The Morgan fingerprint density at radius 2 is 1.93 bits per heavy atom. The molecule has 0 aliphatic carbocycles. The molecule has 3 nitrogen and oxygen atoms in total. The lowest BCUT2D eigenvalue weighted by molar-refractivity contribution is 0.296. The van der Waals surface area contributed by atoms with Gasteiger partial charge in [0.2, 0.25) is 0 Å². The van der Waals surface area contributed by atoms with E-state index >= 15 is 0 Å². The summed E-state index contributed by atoms with van der Waals surface area (Å²) in [6, 6.07) is 3.78. The third kappa shape index (κ3) is 2.19. The Hall–Kier alpha value is -0.930. The van der Waals surface area contributed by atoms with Crippen molar-refractivity contribution in [3.63, 3.8) is 0 Å². The Kier molecular flexibility index (Phi) is 3.34. The molecular weight excluding hydrogens is 214 g/mol. The van der Waals surface area contributed by atoms with Crippen LogP contribution in [-0.2, 0) is 6.42 Å². The molecule has 15 heavy (non-hydrogen) atoms. The van der Waals surface area contributed by atoms with Gasteiger partial charge in [-0.25, -0.2) is 0 Å². The fraction of sp³-hybridized carbons (Fsp3) is 0.455. The molecule has 0 saturated heterocycles. The smallest absolute Gasteiger partial charge is 0.180 e. The molecule has 0 bridgehead atoms. The maximum Gasteiger partial charge on any atom is 0.180 e. The Morgan fingerprint density at radius 3 is 2.67 bits per heavy atom. The van der Waals surface area contributed by atoms with Gasteiger partial charge in [0.15, 0.2) is 11.5 Å². The Balaban J connectivity index is 2.41. The van der Waals surface area contributed by atoms with Crippen molar-refractivity contribution in [1.82, 2.24) is 0 Å². The Labute approximate surface area is 94.1 Å². The molecule has 1 aromatic rings. The van der Waals surface area contributed by atoms with E-state index in [4.69, 9.17) is 26.8 Å². The van der Waals surface area contributed by atoms with Crippen LogP contribution in [0.15, 0.2) is 12.1 Å². The summed E-state index contributed by atoms with van der Waals surface area (Å²) in [5.41, 5.74) is 6.61. The van der Waals surface area contributed by atoms with Gasteiger partial charge in [-0.15, -0.1) is 0 Å². The van der Waals surface area contributed by atoms with Gasteiger partial charge in [-0.3, -0.25) is 0 Å². The lowest BCUT2D eigenvalue weighted by atomic mass is 10.1. The van der Waals surface area contributed by atoms with E-state index < -0.39 is 0 Å². The van der Waals surface area contributed by atoms with Gasteiger partial charge in [-0.2, -0.15) is 0 Å². The van der Waals surface area contributed by atoms with Crippen LogP contribution < -0.4 is 15.2 Å². The molecule has 0 atom stereocenters. The summed E-state index contributed by atoms with van der Waals surface area (Å²) < 4.78 is 11.2. The molecular formula is C11H14ClNO2. The van der Waals surface area contributed by atoms with Crippen LogP contribution in [0.2, 0.25) is 5.02 Å². The van der Waals surface area contributed by atoms with E-state index in [1.807, 2.05) is 12.1 Å². The summed E-state index contributed by atoms with van der Waals surface area (Å²) in [6.45, 7) is 1.92. The van der Waals surface area contributed by atoms with Crippen molar-refractivity contribution in [1.29, 1.82) is 0 Å². The first-order valence-electron chi connectivity index (χ1n) is 5.10. The van der Waals surface area contributed by atoms with Crippen LogP contribution in [0.5, 0.6) is 11.5 Å². The van der Waals surface area contributed by atoms with Gasteiger partial charge in [0.1, 0.15) is 0 Å². The number of hydrogen-bond donors (Lipinski definition) is 1. The molecule has 0 aromatic heterocycles. The average Bonchev–Trinajstić information content (AvgIpc) is 2.48. The monoisotopic (exact) mass is 227 g/mol. The van der Waals surface area contributed by atoms with E-state index in [1.165, 1.54) is 0 Å². The van der Waals surface area contributed by atoms with Gasteiger partial charge >= 0.3 is 0 Å². The number of ether oxygens (including phenoxy) is 2. The lowest BCUT2D eigenvalue weighted by Gasteiger charge is -2.13. The summed E-state index contributed by atoms with van der Waals surface area (Å²) in [6.07, 6.45) is 1.66. The van der Waals surface area contributed by atoms with Crippen LogP contribution >= 0.6 is 11.6 Å². The number of halogens is 1. The number of fused-ring (bicyclic) bond motifs is 1. The maximum absolute atomic E-state index is 6.05. The predicted molar refractivity (Wildman–Crippen MR) is 59.8 cm³/mol. The molecule has 1 aliphatic rings. The molecule has 4 heteroatoms. The highest BCUT2D eigenvalue weighted by Gasteiger charge is 2.17. The van der Waals surface area contributed by atoms with E-state index in [9.17, 15) is 0 Å². The minimum atomic E-state index is 0.595. The molecule has 0 saturated carbocycles. The largest absolute Gasteiger partial charge is 0.489 e. The topological polar surface area (TPSA) is 44.5 Å². The fourth-order valence-electron chi connectivity index (χ4n) is 1.63. The second kappa shape index (κ2) is 4.73. The lowest BCUT2D eigenvalue weighted by Crippen LogP contribution is -2.05. The van der Waals surface area contributed by atoms with Gasteiger partial charge in [0, 0.05) is 6.42 Å². The van der Waals surface area contributed by atoms with Crippen LogP contribution in [0, 0.1) is 0 Å². The standard InChI is InChI=1S/C11H14ClNO2/c12-9-3-2-8(4-5-13)10-11(9)15-7-1-6-14-10/h2-3H,1,4-7,13H2. The van der Waals surface area contributed by atoms with Crippen LogP contribution in [-0.4, -0.2) is 19.8 Å². The van der Waals surface area contributed by atoms with E-state index in [0.29, 0.717) is 30.5 Å². The van der Waals surface area contributed by atoms with E-state index in [2.05, 4.69) is 0 Å². The van der Waals surface area contributed by atoms with Gasteiger partial charge in [-0.05, 0) is 24.6 Å². The second-order valence-corrected chi connectivity index (χ2v) is 3.86. The highest BCUT2D eigenvalue weighted by Crippen LogP contribution is 2.39. The summed E-state index contributed by atoms with van der Waals surface area (Å²) in [5, 5.41) is 0.604. The first-order valence-corrected chi connectivity index (χ1v) is 5.48. The molecule has 0 amide bonds. The maximum atomic E-state index is 6.05. The normalized spacial score (nSPS) is 14.8. The molecule has 0 fully saturated rings. The van der Waals surface area contributed by atoms with E-state index in [0.717, 1.165) is 24.2 Å². The van der Waals surface area contributed by atoms with Gasteiger partial charge < -0.3 is 15.2 Å². The number of hydrogen-bond acceptors (Lipinski definition) is 3. The van der Waals surface area contributed by atoms with E-state index in [-0.39, 0.29) is 0 Å². The third-order valence-corrected chi connectivity index (χ3v) is 2.64. The summed E-state index contributed by atoms with van der Waals surface area (Å²) >= 11 is 6.05. The fourth-order valence-corrected chi connectivity index (χ4v) is 1.84. The Bertz CT molecular complexity index is 355. The van der Waals surface area contributed by atoms with E-state index in [1.54, 1.807) is 0 Å². The van der Waals surface area contributed by atoms with Crippen molar-refractivity contribution in [3.8, 4) is 11.5 Å². The van der Waals surface area contributed by atoms with Crippen molar-refractivity contribution in [2.75, 3.05) is 19.8 Å². The van der Waals surface area contributed by atoms with Crippen LogP contribution in [0.1, 0.15) is 12.0 Å². The van der Waals surface area contributed by atoms with Crippen LogP contribution in [0.3, 0.4) is 0 Å². The molecule has 0 radical (unpaired) electrons. The molecule has 1 aliphatic heterocycles. The zero-order valence-electron chi connectivity index (χ0n) is 8.46. The number of benzene rings is 1. The number of rotatable bonds is 2. The summed E-state index contributed by atoms with van der Waals surface area (Å²) in [5.74, 6) is 1.44. The molecule has 1 heterocycles. The van der Waals surface area contributed by atoms with Gasteiger partial charge in [0.05, 0.1) is 18.2 Å². The highest BCUT2D eigenvalue weighted by atomic mass is 35.5. The average molecular weight is 228 g/mol. The molecule has 0 unspecified atom stereocenters. The zero-order valence-corrected chi connectivity index (χ0v) is 9.22. The predicted octanol–water partition coefficient (Wildman–Crippen LogP) is 2.00. The quantitative estimate of drug-likeness (QED) is 0.841. The SMILES string of the molecule is NCCc1ccc(Cl)c2c1OCCCO2. The Morgan fingerprint density at radius 1 is 1.20 bits per heavy atom. The minimum absolute atomic E-state index is 0.595. The van der Waals surface area contributed by atoms with Crippen LogP contribution in [0.4, 0.5) is 0 Å². The van der Waals surface area contributed by atoms with Crippen molar-refractivity contribution in [2.24, 2.45) is 5.73 Å². The van der Waals surface area contributed by atoms with Crippen molar-refractivity contribution >= 4 is 11.6 Å². The summed E-state index contributed by atoms with van der Waals surface area (Å²) in [4.78, 5) is 0. The zero-order chi connectivity index (χ0) is 10.7. The molecule has 1 aromatic carbocycles. The number of nitrogens with two attached hydrogens (primary N) is 1. The molecule has 2 rings (SSSR count). The second-order valence-electron chi connectivity index (χ2n) is 3.45. The first kappa shape index (κ1) is 10.6. The molecule has 2 N–H and O–H groups in total. The molecule has 82 valence electrons. The highest BCUT2D eigenvalue weighted by molar-refractivity contribution is 6.32. The third-order valence-electron chi connectivity index (χ3n) is 2.34. The summed E-state index contributed by atoms with van der Waals surface area (Å²) in [7, 11) is 0. The minimum Gasteiger partial charge on any atom is -0.489 e.